The highest BCUT2D eigenvalue weighted by Crippen LogP contribution is 2.19. The number of non-ortho nitro benzene ring substituents is 1. The number of carbonyl (C=O) groups excluding carboxylic acids is 1. The topological polar surface area (TPSA) is 98.8 Å². The summed E-state index contributed by atoms with van der Waals surface area (Å²) in [5.74, 6) is 0.229. The van der Waals surface area contributed by atoms with E-state index >= 15 is 0 Å². The number of benzene rings is 2. The lowest BCUT2D eigenvalue weighted by Gasteiger charge is -2.10. The average Bonchev–Trinajstić information content (AvgIpc) is 3.08. The van der Waals surface area contributed by atoms with Gasteiger partial charge in [0.1, 0.15) is 5.75 Å². The van der Waals surface area contributed by atoms with Gasteiger partial charge in [0.15, 0.2) is 0 Å². The molecule has 8 nitrogen and oxygen atoms in total. The molecule has 142 valence electrons. The first-order valence-corrected chi connectivity index (χ1v) is 8.40. The molecule has 0 aliphatic heterocycles. The van der Waals surface area contributed by atoms with Crippen molar-refractivity contribution in [1.82, 2.24) is 9.99 Å². The second-order valence-corrected chi connectivity index (χ2v) is 5.94. The fourth-order valence-corrected chi connectivity index (χ4v) is 2.73. The van der Waals surface area contributed by atoms with E-state index in [1.165, 1.54) is 30.5 Å². The highest BCUT2D eigenvalue weighted by molar-refractivity contribution is 5.95. The molecule has 2 aromatic carbocycles. The number of nitro groups is 1. The Balaban J connectivity index is 1.77. The maximum absolute atomic E-state index is 12.2. The Morgan fingerprint density at radius 1 is 1.18 bits per heavy atom. The van der Waals surface area contributed by atoms with Gasteiger partial charge in [-0.15, -0.1) is 0 Å². The van der Waals surface area contributed by atoms with Crippen molar-refractivity contribution in [1.29, 1.82) is 0 Å². The first-order valence-electron chi connectivity index (χ1n) is 8.40. The Hall–Kier alpha value is -3.94. The van der Waals surface area contributed by atoms with Crippen molar-refractivity contribution in [3.05, 3.63) is 87.7 Å². The maximum Gasteiger partial charge on any atom is 0.271 e. The number of hydrazone groups is 1. The van der Waals surface area contributed by atoms with E-state index in [-0.39, 0.29) is 11.3 Å². The summed E-state index contributed by atoms with van der Waals surface area (Å²) in [6.07, 6.45) is 1.52. The van der Waals surface area contributed by atoms with Crippen molar-refractivity contribution in [3.8, 4) is 11.4 Å². The lowest BCUT2D eigenvalue weighted by molar-refractivity contribution is -0.384. The van der Waals surface area contributed by atoms with Crippen LogP contribution in [0, 0.1) is 17.0 Å². The first-order chi connectivity index (χ1) is 13.5. The number of hydrogen-bond donors (Lipinski definition) is 1. The van der Waals surface area contributed by atoms with Crippen LogP contribution in [0.5, 0.6) is 5.75 Å². The number of rotatable bonds is 6. The van der Waals surface area contributed by atoms with Crippen LogP contribution in [0.25, 0.3) is 5.69 Å². The predicted octanol–water partition coefficient (Wildman–Crippen LogP) is 3.47. The van der Waals surface area contributed by atoms with Crippen LogP contribution in [0.3, 0.4) is 0 Å². The molecule has 28 heavy (non-hydrogen) atoms. The summed E-state index contributed by atoms with van der Waals surface area (Å²) in [5, 5.41) is 14.8. The van der Waals surface area contributed by atoms with Gasteiger partial charge in [-0.3, -0.25) is 14.9 Å². The molecule has 1 N–H and O–H groups in total. The molecule has 8 heteroatoms. The second-order valence-electron chi connectivity index (χ2n) is 5.94. The van der Waals surface area contributed by atoms with E-state index in [1.807, 2.05) is 47.9 Å². The van der Waals surface area contributed by atoms with E-state index in [9.17, 15) is 14.9 Å². The van der Waals surface area contributed by atoms with Crippen molar-refractivity contribution in [3.63, 3.8) is 0 Å². The standard InChI is InChI=1S/C20H18N4O4/c1-14-6-7-18(23(14)16-8-10-19(28-2)11-9-16)13-21-22-20(25)15-4-3-5-17(12-15)24(26)27/h3-13H,1-2H3,(H,22,25)/b21-13+. The number of carbonyl (C=O) groups is 1. The maximum atomic E-state index is 12.2. The molecule has 0 unspecified atom stereocenters. The second kappa shape index (κ2) is 8.17. The molecular weight excluding hydrogens is 360 g/mol. The highest BCUT2D eigenvalue weighted by atomic mass is 16.6. The van der Waals surface area contributed by atoms with Crippen LogP contribution in [-0.4, -0.2) is 28.7 Å². The lowest BCUT2D eigenvalue weighted by atomic mass is 10.2. The largest absolute Gasteiger partial charge is 0.497 e. The van der Waals surface area contributed by atoms with Gasteiger partial charge in [-0.1, -0.05) is 6.07 Å². The SMILES string of the molecule is COc1ccc(-n2c(C)ccc2/C=N/NC(=O)c2cccc([N+](=O)[O-])c2)cc1. The van der Waals surface area contributed by atoms with Crippen LogP contribution < -0.4 is 10.2 Å². The van der Waals surface area contributed by atoms with E-state index in [0.717, 1.165) is 22.8 Å². The van der Waals surface area contributed by atoms with E-state index in [0.29, 0.717) is 0 Å². The molecule has 1 heterocycles. The van der Waals surface area contributed by atoms with Gasteiger partial charge in [0, 0.05) is 29.1 Å². The number of nitrogens with zero attached hydrogens (tertiary/aromatic N) is 3. The average molecular weight is 378 g/mol. The highest BCUT2D eigenvalue weighted by Gasteiger charge is 2.11. The van der Waals surface area contributed by atoms with E-state index < -0.39 is 10.8 Å². The van der Waals surface area contributed by atoms with Gasteiger partial charge in [-0.2, -0.15) is 5.10 Å². The van der Waals surface area contributed by atoms with Crippen LogP contribution in [-0.2, 0) is 0 Å². The van der Waals surface area contributed by atoms with Crippen LogP contribution >= 0.6 is 0 Å². The molecule has 0 aliphatic rings. The molecule has 0 spiro atoms. The Bertz CT molecular complexity index is 1040. The molecule has 0 radical (unpaired) electrons. The normalized spacial score (nSPS) is 10.8. The van der Waals surface area contributed by atoms with Gasteiger partial charge in [0.25, 0.3) is 11.6 Å². The van der Waals surface area contributed by atoms with Crippen LogP contribution in [0.2, 0.25) is 0 Å². The molecule has 1 amide bonds. The van der Waals surface area contributed by atoms with Crippen LogP contribution in [0.15, 0.2) is 65.8 Å². The van der Waals surface area contributed by atoms with Crippen LogP contribution in [0.4, 0.5) is 5.69 Å². The fourth-order valence-electron chi connectivity index (χ4n) is 2.73. The van der Waals surface area contributed by atoms with Gasteiger partial charge < -0.3 is 9.30 Å². The Morgan fingerprint density at radius 2 is 1.93 bits per heavy atom. The number of amides is 1. The van der Waals surface area contributed by atoms with E-state index in [2.05, 4.69) is 10.5 Å². The Morgan fingerprint density at radius 3 is 2.61 bits per heavy atom. The summed E-state index contributed by atoms with van der Waals surface area (Å²) in [4.78, 5) is 22.4. The summed E-state index contributed by atoms with van der Waals surface area (Å²) in [7, 11) is 1.61. The molecule has 0 bridgehead atoms. The van der Waals surface area contributed by atoms with Gasteiger partial charge in [0.2, 0.25) is 0 Å². The summed E-state index contributed by atoms with van der Waals surface area (Å²) < 4.78 is 7.15. The zero-order valence-corrected chi connectivity index (χ0v) is 15.3. The molecule has 0 saturated carbocycles. The lowest BCUT2D eigenvalue weighted by Crippen LogP contribution is -2.18. The number of nitrogens with one attached hydrogen (secondary N) is 1. The van der Waals surface area contributed by atoms with Crippen molar-refractivity contribution in [2.75, 3.05) is 7.11 Å². The minimum Gasteiger partial charge on any atom is -0.497 e. The first kappa shape index (κ1) is 18.8. The van der Waals surface area contributed by atoms with Gasteiger partial charge in [0.05, 0.1) is 23.9 Å². The Labute approximate surface area is 161 Å². The number of nitro benzene ring substituents is 1. The quantitative estimate of drug-likeness (QED) is 0.403. The monoisotopic (exact) mass is 378 g/mol. The fraction of sp³-hybridized carbons (Fsp3) is 0.100. The molecule has 3 aromatic rings. The van der Waals surface area contributed by atoms with Crippen molar-refractivity contribution in [2.45, 2.75) is 6.92 Å². The zero-order chi connectivity index (χ0) is 20.1. The van der Waals surface area contributed by atoms with Gasteiger partial charge in [-0.25, -0.2) is 5.43 Å². The third kappa shape index (κ3) is 4.07. The molecule has 0 saturated heterocycles. The molecule has 0 atom stereocenters. The number of aromatic nitrogens is 1. The summed E-state index contributed by atoms with van der Waals surface area (Å²) >= 11 is 0. The molecular formula is C20H18N4O4. The summed E-state index contributed by atoms with van der Waals surface area (Å²) in [6, 6.07) is 16.8. The summed E-state index contributed by atoms with van der Waals surface area (Å²) in [5.41, 5.74) is 5.09. The third-order valence-corrected chi connectivity index (χ3v) is 4.12. The van der Waals surface area contributed by atoms with Crippen LogP contribution in [0.1, 0.15) is 21.7 Å². The number of methoxy groups -OCH3 is 1. The molecule has 3 rings (SSSR count). The minimum atomic E-state index is -0.551. The van der Waals surface area contributed by atoms with Crippen molar-refractivity contribution in [2.24, 2.45) is 5.10 Å². The van der Waals surface area contributed by atoms with E-state index in [4.69, 9.17) is 4.74 Å². The van der Waals surface area contributed by atoms with Gasteiger partial charge in [-0.05, 0) is 49.4 Å². The smallest absolute Gasteiger partial charge is 0.271 e. The molecule has 0 aliphatic carbocycles. The number of hydrogen-bond acceptors (Lipinski definition) is 5. The predicted molar refractivity (Wildman–Crippen MR) is 105 cm³/mol. The molecule has 1 aromatic heterocycles. The third-order valence-electron chi connectivity index (χ3n) is 4.12. The van der Waals surface area contributed by atoms with E-state index in [1.54, 1.807) is 7.11 Å². The Kier molecular flexibility index (Phi) is 5.50. The summed E-state index contributed by atoms with van der Waals surface area (Å²) in [6.45, 7) is 1.96. The molecule has 0 fully saturated rings. The number of aryl methyl sites for hydroxylation is 1. The minimum absolute atomic E-state index is 0.152. The van der Waals surface area contributed by atoms with Crippen molar-refractivity contribution >= 4 is 17.8 Å². The number of ether oxygens (including phenoxy) is 1. The zero-order valence-electron chi connectivity index (χ0n) is 15.3. The van der Waals surface area contributed by atoms with Crippen molar-refractivity contribution < 1.29 is 14.5 Å². The van der Waals surface area contributed by atoms with Gasteiger partial charge >= 0.3 is 0 Å².